The highest BCUT2D eigenvalue weighted by molar-refractivity contribution is 5.89. The Morgan fingerprint density at radius 2 is 2.10 bits per heavy atom. The fourth-order valence-electron chi connectivity index (χ4n) is 2.73. The van der Waals surface area contributed by atoms with Crippen LogP contribution < -0.4 is 5.32 Å². The van der Waals surface area contributed by atoms with Gasteiger partial charge in [-0.1, -0.05) is 19.1 Å². The average molecular weight is 313 g/mol. The van der Waals surface area contributed by atoms with Gasteiger partial charge in [-0.25, -0.2) is 4.79 Å². The van der Waals surface area contributed by atoms with E-state index in [9.17, 15) is 4.79 Å². The third kappa shape index (κ3) is 4.99. The Morgan fingerprint density at radius 3 is 2.62 bits per heavy atom. The van der Waals surface area contributed by atoms with Crippen molar-refractivity contribution in [3.63, 3.8) is 0 Å². The highest BCUT2D eigenvalue weighted by Gasteiger charge is 2.21. The third-order valence-corrected chi connectivity index (χ3v) is 3.82. The number of rotatable bonds is 6. The highest BCUT2D eigenvalue weighted by atomic mass is 35.5. The molecule has 21 heavy (non-hydrogen) atoms. The van der Waals surface area contributed by atoms with Crippen LogP contribution in [-0.2, 0) is 11.3 Å². The van der Waals surface area contributed by atoms with Crippen molar-refractivity contribution in [3.8, 4) is 0 Å². The largest absolute Gasteiger partial charge is 0.465 e. The molecule has 4 nitrogen and oxygen atoms in total. The van der Waals surface area contributed by atoms with E-state index in [0.29, 0.717) is 11.6 Å². The van der Waals surface area contributed by atoms with Gasteiger partial charge >= 0.3 is 5.97 Å². The molecule has 0 saturated carbocycles. The zero-order valence-corrected chi connectivity index (χ0v) is 13.6. The second-order valence-electron chi connectivity index (χ2n) is 5.31. The molecule has 1 aromatic carbocycles. The van der Waals surface area contributed by atoms with Crippen molar-refractivity contribution in [2.75, 3.05) is 26.7 Å². The SMILES string of the molecule is CCCN(Cc1ccc(C(=O)OC)cc1)C1CCNC1.Cl. The highest BCUT2D eigenvalue weighted by Crippen LogP contribution is 2.15. The Morgan fingerprint density at radius 1 is 1.38 bits per heavy atom. The lowest BCUT2D eigenvalue weighted by Crippen LogP contribution is -2.36. The molecule has 2 rings (SSSR count). The molecule has 1 fully saturated rings. The summed E-state index contributed by atoms with van der Waals surface area (Å²) in [5.41, 5.74) is 1.86. The van der Waals surface area contributed by atoms with Gasteiger partial charge in [0.15, 0.2) is 0 Å². The zero-order valence-electron chi connectivity index (χ0n) is 12.8. The van der Waals surface area contributed by atoms with Crippen molar-refractivity contribution in [2.45, 2.75) is 32.4 Å². The van der Waals surface area contributed by atoms with Crippen LogP contribution in [0.2, 0.25) is 0 Å². The van der Waals surface area contributed by atoms with Crippen molar-refractivity contribution in [1.82, 2.24) is 10.2 Å². The Hall–Kier alpha value is -1.10. The summed E-state index contributed by atoms with van der Waals surface area (Å²) < 4.78 is 4.72. The Kier molecular flexibility index (Phi) is 7.72. The van der Waals surface area contributed by atoms with Gasteiger partial charge in [-0.05, 0) is 43.6 Å². The number of nitrogens with one attached hydrogen (secondary N) is 1. The lowest BCUT2D eigenvalue weighted by atomic mass is 10.1. The molecule has 0 aliphatic carbocycles. The summed E-state index contributed by atoms with van der Waals surface area (Å²) in [4.78, 5) is 14.0. The fourth-order valence-corrected chi connectivity index (χ4v) is 2.73. The minimum atomic E-state index is -0.276. The van der Waals surface area contributed by atoms with Crippen LogP contribution in [-0.4, -0.2) is 43.7 Å². The quantitative estimate of drug-likeness (QED) is 0.819. The third-order valence-electron chi connectivity index (χ3n) is 3.82. The normalized spacial score (nSPS) is 17.6. The summed E-state index contributed by atoms with van der Waals surface area (Å²) in [5, 5.41) is 3.43. The molecule has 1 aliphatic rings. The molecule has 1 aliphatic heterocycles. The lowest BCUT2D eigenvalue weighted by Gasteiger charge is -2.28. The summed E-state index contributed by atoms with van der Waals surface area (Å²) in [6.45, 7) is 6.48. The van der Waals surface area contributed by atoms with E-state index >= 15 is 0 Å². The van der Waals surface area contributed by atoms with E-state index in [1.807, 2.05) is 24.3 Å². The van der Waals surface area contributed by atoms with Crippen LogP contribution in [0.25, 0.3) is 0 Å². The van der Waals surface area contributed by atoms with Gasteiger partial charge in [0, 0.05) is 19.1 Å². The van der Waals surface area contributed by atoms with Gasteiger partial charge in [0.2, 0.25) is 0 Å². The minimum absolute atomic E-state index is 0. The van der Waals surface area contributed by atoms with Gasteiger partial charge in [-0.15, -0.1) is 12.4 Å². The van der Waals surface area contributed by atoms with Crippen LogP contribution in [0.3, 0.4) is 0 Å². The first-order valence-electron chi connectivity index (χ1n) is 7.36. The molecule has 1 aromatic rings. The maximum absolute atomic E-state index is 11.4. The first-order valence-corrected chi connectivity index (χ1v) is 7.36. The van der Waals surface area contributed by atoms with E-state index in [2.05, 4.69) is 17.1 Å². The maximum atomic E-state index is 11.4. The van der Waals surface area contributed by atoms with Crippen LogP contribution in [0.5, 0.6) is 0 Å². The Bertz CT molecular complexity index is 430. The van der Waals surface area contributed by atoms with Crippen molar-refractivity contribution in [2.24, 2.45) is 0 Å². The van der Waals surface area contributed by atoms with E-state index in [0.717, 1.165) is 32.6 Å². The minimum Gasteiger partial charge on any atom is -0.465 e. The van der Waals surface area contributed by atoms with Crippen LogP contribution >= 0.6 is 12.4 Å². The van der Waals surface area contributed by atoms with Crippen LogP contribution in [0, 0.1) is 0 Å². The molecule has 1 atom stereocenters. The molecular weight excluding hydrogens is 288 g/mol. The van der Waals surface area contributed by atoms with E-state index in [-0.39, 0.29) is 18.4 Å². The molecule has 0 bridgehead atoms. The number of carbonyl (C=O) groups is 1. The Balaban J connectivity index is 0.00000220. The molecule has 0 amide bonds. The lowest BCUT2D eigenvalue weighted by molar-refractivity contribution is 0.0600. The van der Waals surface area contributed by atoms with Crippen molar-refractivity contribution >= 4 is 18.4 Å². The van der Waals surface area contributed by atoms with Crippen molar-refractivity contribution in [1.29, 1.82) is 0 Å². The van der Waals surface area contributed by atoms with E-state index in [1.54, 1.807) is 0 Å². The molecule has 118 valence electrons. The number of benzene rings is 1. The predicted octanol–water partition coefficient (Wildman–Crippen LogP) is 2.47. The van der Waals surface area contributed by atoms with Crippen LogP contribution in [0.4, 0.5) is 0 Å². The topological polar surface area (TPSA) is 41.6 Å². The van der Waals surface area contributed by atoms with Crippen molar-refractivity contribution < 1.29 is 9.53 Å². The second-order valence-corrected chi connectivity index (χ2v) is 5.31. The zero-order chi connectivity index (χ0) is 14.4. The fraction of sp³-hybridized carbons (Fsp3) is 0.562. The predicted molar refractivity (Wildman–Crippen MR) is 87.0 cm³/mol. The Labute approximate surface area is 133 Å². The van der Waals surface area contributed by atoms with E-state index in [4.69, 9.17) is 4.74 Å². The molecule has 1 heterocycles. The molecule has 1 unspecified atom stereocenters. The van der Waals surface area contributed by atoms with E-state index < -0.39 is 0 Å². The molecule has 0 spiro atoms. The van der Waals surface area contributed by atoms with Crippen LogP contribution in [0.1, 0.15) is 35.7 Å². The standard InChI is InChI=1S/C16H24N2O2.ClH/c1-3-10-18(15-8-9-17-11-15)12-13-4-6-14(7-5-13)16(19)20-2;/h4-7,15,17H,3,8-12H2,1-2H3;1H. The summed E-state index contributed by atoms with van der Waals surface area (Å²) in [6, 6.07) is 8.38. The molecule has 1 N–H and O–H groups in total. The summed E-state index contributed by atoms with van der Waals surface area (Å²) in [7, 11) is 1.41. The number of carbonyl (C=O) groups excluding carboxylic acids is 1. The summed E-state index contributed by atoms with van der Waals surface area (Å²) >= 11 is 0. The summed E-state index contributed by atoms with van der Waals surface area (Å²) in [6.07, 6.45) is 2.39. The first kappa shape index (κ1) is 18.0. The van der Waals surface area contributed by atoms with Gasteiger partial charge in [-0.2, -0.15) is 0 Å². The van der Waals surface area contributed by atoms with Gasteiger partial charge < -0.3 is 10.1 Å². The number of hydrogen-bond acceptors (Lipinski definition) is 4. The van der Waals surface area contributed by atoms with Gasteiger partial charge in [0.25, 0.3) is 0 Å². The van der Waals surface area contributed by atoms with Crippen LogP contribution in [0.15, 0.2) is 24.3 Å². The molecule has 0 aromatic heterocycles. The first-order chi connectivity index (χ1) is 9.74. The number of halogens is 1. The average Bonchev–Trinajstić information content (AvgIpc) is 3.01. The monoisotopic (exact) mass is 312 g/mol. The number of methoxy groups -OCH3 is 1. The number of nitrogens with zero attached hydrogens (tertiary/aromatic N) is 1. The second kappa shape index (κ2) is 9.03. The molecule has 5 heteroatoms. The molecule has 1 saturated heterocycles. The maximum Gasteiger partial charge on any atom is 0.337 e. The van der Waals surface area contributed by atoms with Gasteiger partial charge in [-0.3, -0.25) is 4.90 Å². The number of ether oxygens (including phenoxy) is 1. The van der Waals surface area contributed by atoms with E-state index in [1.165, 1.54) is 19.1 Å². The smallest absolute Gasteiger partial charge is 0.337 e. The van der Waals surface area contributed by atoms with Crippen molar-refractivity contribution in [3.05, 3.63) is 35.4 Å². The molecular formula is C16H25ClN2O2. The number of hydrogen-bond donors (Lipinski definition) is 1. The number of esters is 1. The summed E-state index contributed by atoms with van der Waals surface area (Å²) in [5.74, 6) is -0.276. The van der Waals surface area contributed by atoms with Gasteiger partial charge in [0.1, 0.15) is 0 Å². The van der Waals surface area contributed by atoms with Gasteiger partial charge in [0.05, 0.1) is 12.7 Å². The molecule has 0 radical (unpaired) electrons.